The predicted octanol–water partition coefficient (Wildman–Crippen LogP) is 1.45. The Morgan fingerprint density at radius 1 is 1.22 bits per heavy atom. The molecule has 0 aromatic heterocycles. The molecular formula is C8H10Al+. The van der Waals surface area contributed by atoms with E-state index in [4.69, 9.17) is 0 Å². The molecule has 0 heterocycles. The van der Waals surface area contributed by atoms with E-state index in [0.29, 0.717) is 15.2 Å². The van der Waals surface area contributed by atoms with E-state index in [0.717, 1.165) is 0 Å². The summed E-state index contributed by atoms with van der Waals surface area (Å²) in [6, 6.07) is 10.7. The SMILES string of the molecule is C[CH2][Al+][c]1ccccc1. The topological polar surface area (TPSA) is 0 Å². The molecule has 0 aliphatic carbocycles. The molecule has 44 valence electrons. The first kappa shape index (κ1) is 6.87. The summed E-state index contributed by atoms with van der Waals surface area (Å²) >= 11 is 0.543. The van der Waals surface area contributed by atoms with Crippen LogP contribution >= 0.6 is 0 Å². The number of rotatable bonds is 2. The first-order chi connectivity index (χ1) is 4.43. The van der Waals surface area contributed by atoms with Gasteiger partial charge >= 0.3 is 62.2 Å². The van der Waals surface area contributed by atoms with Crippen molar-refractivity contribution in [3.63, 3.8) is 0 Å². The van der Waals surface area contributed by atoms with Gasteiger partial charge in [0.15, 0.2) is 0 Å². The Hall–Kier alpha value is -0.248. The quantitative estimate of drug-likeness (QED) is 0.536. The molecule has 0 amide bonds. The van der Waals surface area contributed by atoms with E-state index in [-0.39, 0.29) is 0 Å². The summed E-state index contributed by atoms with van der Waals surface area (Å²) in [6.07, 6.45) is 0. The van der Waals surface area contributed by atoms with E-state index < -0.39 is 0 Å². The van der Waals surface area contributed by atoms with Gasteiger partial charge in [-0.2, -0.15) is 0 Å². The van der Waals surface area contributed by atoms with Crippen LogP contribution in [0.3, 0.4) is 0 Å². The third-order valence-corrected chi connectivity index (χ3v) is 2.50. The molecular weight excluding hydrogens is 123 g/mol. The van der Waals surface area contributed by atoms with Gasteiger partial charge in [-0.15, -0.1) is 0 Å². The zero-order chi connectivity index (χ0) is 6.53. The van der Waals surface area contributed by atoms with Crippen molar-refractivity contribution in [1.29, 1.82) is 0 Å². The molecule has 9 heavy (non-hydrogen) atoms. The second-order valence-electron chi connectivity index (χ2n) is 2.02. The normalized spacial score (nSPS) is 8.56. The molecule has 0 unspecified atom stereocenters. The summed E-state index contributed by atoms with van der Waals surface area (Å²) in [5.74, 6) is 0. The molecule has 1 rings (SSSR count). The van der Waals surface area contributed by atoms with E-state index in [1.807, 2.05) is 0 Å². The standard InChI is InChI=1S/C6H5.C2H5.Al/c1-2-4-6-5-3-1;1-2;/h1-5H;1H2,2H3;/q;;+1. The van der Waals surface area contributed by atoms with Gasteiger partial charge in [-0.05, 0) is 0 Å². The van der Waals surface area contributed by atoms with Crippen LogP contribution in [0.4, 0.5) is 0 Å². The van der Waals surface area contributed by atoms with Gasteiger partial charge in [-0.25, -0.2) is 0 Å². The van der Waals surface area contributed by atoms with Crippen LogP contribution in [0.2, 0.25) is 5.28 Å². The first-order valence-corrected chi connectivity index (χ1v) is 4.71. The van der Waals surface area contributed by atoms with E-state index in [1.165, 1.54) is 9.71 Å². The van der Waals surface area contributed by atoms with E-state index in [2.05, 4.69) is 37.3 Å². The zero-order valence-corrected chi connectivity index (χ0v) is 6.83. The third-order valence-electron chi connectivity index (χ3n) is 1.24. The van der Waals surface area contributed by atoms with Gasteiger partial charge in [0.05, 0.1) is 0 Å². The van der Waals surface area contributed by atoms with Crippen molar-refractivity contribution in [2.75, 3.05) is 0 Å². The van der Waals surface area contributed by atoms with Gasteiger partial charge in [0.1, 0.15) is 0 Å². The van der Waals surface area contributed by atoms with Crippen molar-refractivity contribution >= 4 is 19.6 Å². The molecule has 1 aromatic rings. The molecule has 0 N–H and O–H groups in total. The fourth-order valence-corrected chi connectivity index (χ4v) is 1.79. The zero-order valence-electron chi connectivity index (χ0n) is 5.67. The van der Waals surface area contributed by atoms with E-state index >= 15 is 0 Å². The maximum atomic E-state index is 2.24. The van der Waals surface area contributed by atoms with Crippen molar-refractivity contribution < 1.29 is 0 Å². The van der Waals surface area contributed by atoms with Gasteiger partial charge < -0.3 is 0 Å². The van der Waals surface area contributed by atoms with Crippen molar-refractivity contribution in [3.8, 4) is 0 Å². The van der Waals surface area contributed by atoms with E-state index in [1.54, 1.807) is 0 Å². The molecule has 0 atom stereocenters. The Balaban J connectivity index is 2.61. The van der Waals surface area contributed by atoms with Crippen LogP contribution in [0, 0.1) is 0 Å². The van der Waals surface area contributed by atoms with E-state index in [9.17, 15) is 0 Å². The Labute approximate surface area is 62.6 Å². The minimum absolute atomic E-state index is 0.543. The van der Waals surface area contributed by atoms with Crippen molar-refractivity contribution in [1.82, 2.24) is 0 Å². The van der Waals surface area contributed by atoms with Crippen LogP contribution in [0.25, 0.3) is 0 Å². The van der Waals surface area contributed by atoms with Crippen molar-refractivity contribution in [3.05, 3.63) is 30.3 Å². The average Bonchev–Trinajstić information content (AvgIpc) is 1.91. The van der Waals surface area contributed by atoms with Crippen LogP contribution < -0.4 is 4.43 Å². The van der Waals surface area contributed by atoms with Crippen molar-refractivity contribution in [2.45, 2.75) is 12.2 Å². The van der Waals surface area contributed by atoms with Gasteiger partial charge in [0.2, 0.25) is 0 Å². The van der Waals surface area contributed by atoms with Crippen molar-refractivity contribution in [2.24, 2.45) is 0 Å². The monoisotopic (exact) mass is 133 g/mol. The molecule has 0 radical (unpaired) electrons. The second kappa shape index (κ2) is 3.72. The summed E-state index contributed by atoms with van der Waals surface area (Å²) in [5.41, 5.74) is 0. The second-order valence-corrected chi connectivity index (χ2v) is 3.91. The predicted molar refractivity (Wildman–Crippen MR) is 42.3 cm³/mol. The average molecular weight is 133 g/mol. The maximum absolute atomic E-state index is 2.24. The molecule has 0 nitrogen and oxygen atoms in total. The van der Waals surface area contributed by atoms with Crippen LogP contribution in [-0.2, 0) is 0 Å². The first-order valence-electron chi connectivity index (χ1n) is 3.31. The molecule has 0 aliphatic rings. The Morgan fingerprint density at radius 2 is 1.89 bits per heavy atom. The molecule has 1 heteroatoms. The Kier molecular flexibility index (Phi) is 2.84. The van der Waals surface area contributed by atoms with Crippen LogP contribution in [0.15, 0.2) is 30.3 Å². The molecule has 1 aromatic carbocycles. The van der Waals surface area contributed by atoms with Gasteiger partial charge in [-0.3, -0.25) is 0 Å². The summed E-state index contributed by atoms with van der Waals surface area (Å²) in [7, 11) is 0. The summed E-state index contributed by atoms with van der Waals surface area (Å²) < 4.78 is 1.53. The van der Waals surface area contributed by atoms with Crippen LogP contribution in [0.1, 0.15) is 6.92 Å². The van der Waals surface area contributed by atoms with Gasteiger partial charge in [-0.1, -0.05) is 0 Å². The van der Waals surface area contributed by atoms with Crippen LogP contribution in [0.5, 0.6) is 0 Å². The molecule has 0 spiro atoms. The minimum atomic E-state index is 0.543. The number of benzene rings is 1. The number of hydrogen-bond donors (Lipinski definition) is 0. The summed E-state index contributed by atoms with van der Waals surface area (Å²) in [4.78, 5) is 0. The third kappa shape index (κ3) is 2.22. The van der Waals surface area contributed by atoms with Crippen LogP contribution in [-0.4, -0.2) is 15.2 Å². The molecule has 0 fully saturated rings. The van der Waals surface area contributed by atoms with Gasteiger partial charge in [0.25, 0.3) is 0 Å². The molecule has 0 aliphatic heterocycles. The molecule has 0 bridgehead atoms. The number of hydrogen-bond acceptors (Lipinski definition) is 0. The summed E-state index contributed by atoms with van der Waals surface area (Å²) in [5, 5.41) is 1.32. The Bertz CT molecular complexity index is 157. The Morgan fingerprint density at radius 3 is 2.44 bits per heavy atom. The molecule has 0 saturated heterocycles. The fraction of sp³-hybridized carbons (Fsp3) is 0.250. The summed E-state index contributed by atoms with van der Waals surface area (Å²) in [6.45, 7) is 2.24. The molecule has 0 saturated carbocycles. The fourth-order valence-electron chi connectivity index (χ4n) is 0.825. The van der Waals surface area contributed by atoms with Gasteiger partial charge in [0, 0.05) is 0 Å².